The normalized spacial score (nSPS) is 10.5. The number of nitrogens with one attached hydrogen (secondary N) is 1. The van der Waals surface area contributed by atoms with Crippen LogP contribution in [-0.2, 0) is 4.79 Å². The van der Waals surface area contributed by atoms with Gasteiger partial charge in [-0.15, -0.1) is 0 Å². The van der Waals surface area contributed by atoms with E-state index in [1.165, 1.54) is 6.21 Å². The van der Waals surface area contributed by atoms with Gasteiger partial charge in [-0.3, -0.25) is 4.79 Å². The minimum atomic E-state index is -0.469. The molecule has 1 heterocycles. The van der Waals surface area contributed by atoms with Gasteiger partial charge in [-0.1, -0.05) is 29.8 Å². The standard InChI is InChI=1S/C13H9ClN4O/c14-13-10(8-16-18-12(19)5-6-15)7-9-3-1-2-4-11(9)17-13/h1-4,7-8H,5H2,(H,18,19)/b16-8-. The summed E-state index contributed by atoms with van der Waals surface area (Å²) in [5.74, 6) is -0.469. The Balaban J connectivity index is 2.21. The predicted octanol–water partition coefficient (Wildman–Crippen LogP) is 2.25. The van der Waals surface area contributed by atoms with Crippen molar-refractivity contribution in [1.29, 1.82) is 5.26 Å². The van der Waals surface area contributed by atoms with E-state index < -0.39 is 5.91 Å². The molecule has 94 valence electrons. The summed E-state index contributed by atoms with van der Waals surface area (Å²) in [6, 6.07) is 11.1. The van der Waals surface area contributed by atoms with Crippen molar-refractivity contribution < 1.29 is 4.79 Å². The number of hydrazone groups is 1. The Labute approximate surface area is 114 Å². The van der Waals surface area contributed by atoms with Crippen LogP contribution in [0.2, 0.25) is 5.15 Å². The van der Waals surface area contributed by atoms with Gasteiger partial charge in [0.1, 0.15) is 11.6 Å². The van der Waals surface area contributed by atoms with Gasteiger partial charge in [-0.25, -0.2) is 10.4 Å². The maximum Gasteiger partial charge on any atom is 0.254 e. The van der Waals surface area contributed by atoms with E-state index in [1.54, 1.807) is 6.07 Å². The van der Waals surface area contributed by atoms with Crippen LogP contribution in [0.5, 0.6) is 0 Å². The maximum absolute atomic E-state index is 11.0. The Morgan fingerprint density at radius 2 is 2.32 bits per heavy atom. The van der Waals surface area contributed by atoms with E-state index in [9.17, 15) is 4.79 Å². The zero-order valence-electron chi connectivity index (χ0n) is 9.80. The lowest BCUT2D eigenvalue weighted by molar-refractivity contribution is -0.120. The van der Waals surface area contributed by atoms with E-state index >= 15 is 0 Å². The van der Waals surface area contributed by atoms with E-state index in [0.29, 0.717) is 10.7 Å². The highest BCUT2D eigenvalue weighted by molar-refractivity contribution is 6.32. The predicted molar refractivity (Wildman–Crippen MR) is 72.7 cm³/mol. The van der Waals surface area contributed by atoms with E-state index in [0.717, 1.165) is 10.9 Å². The average Bonchev–Trinajstić information content (AvgIpc) is 2.39. The molecule has 19 heavy (non-hydrogen) atoms. The molecule has 1 aromatic heterocycles. The summed E-state index contributed by atoms with van der Waals surface area (Å²) in [6.45, 7) is 0. The Hall–Kier alpha value is -2.45. The third kappa shape index (κ3) is 3.27. The third-order valence-electron chi connectivity index (χ3n) is 2.34. The van der Waals surface area contributed by atoms with Gasteiger partial charge in [0.05, 0.1) is 17.8 Å². The van der Waals surface area contributed by atoms with Crippen molar-refractivity contribution >= 4 is 34.6 Å². The topological polar surface area (TPSA) is 78.1 Å². The van der Waals surface area contributed by atoms with Crippen molar-refractivity contribution in [1.82, 2.24) is 10.4 Å². The molecular formula is C13H9ClN4O. The number of hydrogen-bond donors (Lipinski definition) is 1. The number of carbonyl (C=O) groups excluding carboxylic acids is 1. The largest absolute Gasteiger partial charge is 0.272 e. The number of hydrogen-bond acceptors (Lipinski definition) is 4. The van der Waals surface area contributed by atoms with Crippen LogP contribution in [0.4, 0.5) is 0 Å². The van der Waals surface area contributed by atoms with Crippen molar-refractivity contribution in [3.63, 3.8) is 0 Å². The molecule has 0 atom stereocenters. The summed E-state index contributed by atoms with van der Waals surface area (Å²) in [7, 11) is 0. The molecule has 0 aliphatic rings. The Bertz CT molecular complexity index is 691. The van der Waals surface area contributed by atoms with E-state index in [1.807, 2.05) is 30.3 Å². The van der Waals surface area contributed by atoms with Crippen LogP contribution in [0, 0.1) is 11.3 Å². The summed E-state index contributed by atoms with van der Waals surface area (Å²) in [5, 5.41) is 13.3. The fraction of sp³-hybridized carbons (Fsp3) is 0.0769. The van der Waals surface area contributed by atoms with Gasteiger partial charge in [0.25, 0.3) is 5.91 Å². The van der Waals surface area contributed by atoms with Crippen LogP contribution in [0.1, 0.15) is 12.0 Å². The molecule has 2 aromatic rings. The number of nitrogens with zero attached hydrogens (tertiary/aromatic N) is 3. The number of rotatable bonds is 3. The zero-order valence-corrected chi connectivity index (χ0v) is 10.6. The monoisotopic (exact) mass is 272 g/mol. The molecule has 0 unspecified atom stereocenters. The highest BCUT2D eigenvalue weighted by Gasteiger charge is 2.03. The van der Waals surface area contributed by atoms with Gasteiger partial charge >= 0.3 is 0 Å². The second-order valence-electron chi connectivity index (χ2n) is 3.69. The lowest BCUT2D eigenvalue weighted by Gasteiger charge is -2.01. The Kier molecular flexibility index (Phi) is 4.06. The van der Waals surface area contributed by atoms with Gasteiger partial charge in [-0.05, 0) is 12.1 Å². The van der Waals surface area contributed by atoms with Crippen LogP contribution in [-0.4, -0.2) is 17.1 Å². The first-order chi connectivity index (χ1) is 9.20. The van der Waals surface area contributed by atoms with Gasteiger partial charge in [0.2, 0.25) is 0 Å². The Morgan fingerprint density at radius 3 is 3.11 bits per heavy atom. The number of halogens is 1. The van der Waals surface area contributed by atoms with E-state index in [2.05, 4.69) is 15.5 Å². The number of carbonyl (C=O) groups is 1. The van der Waals surface area contributed by atoms with Crippen LogP contribution in [0.15, 0.2) is 35.4 Å². The molecule has 0 bridgehead atoms. The minimum absolute atomic E-state index is 0.235. The minimum Gasteiger partial charge on any atom is -0.272 e. The van der Waals surface area contributed by atoms with Crippen molar-refractivity contribution in [2.24, 2.45) is 5.10 Å². The summed E-state index contributed by atoms with van der Waals surface area (Å²) < 4.78 is 0. The molecular weight excluding hydrogens is 264 g/mol. The molecule has 5 nitrogen and oxygen atoms in total. The van der Waals surface area contributed by atoms with Crippen molar-refractivity contribution in [3.05, 3.63) is 41.0 Å². The van der Waals surface area contributed by atoms with Crippen LogP contribution < -0.4 is 5.43 Å². The van der Waals surface area contributed by atoms with Gasteiger partial charge in [0.15, 0.2) is 0 Å². The first kappa shape index (κ1) is 13.0. The number of amides is 1. The molecule has 6 heteroatoms. The number of para-hydroxylation sites is 1. The molecule has 0 fully saturated rings. The summed E-state index contributed by atoms with van der Waals surface area (Å²) in [5.41, 5.74) is 3.61. The first-order valence-corrected chi connectivity index (χ1v) is 5.82. The second kappa shape index (κ2) is 5.94. The highest BCUT2D eigenvalue weighted by atomic mass is 35.5. The number of nitriles is 1. The average molecular weight is 273 g/mol. The smallest absolute Gasteiger partial charge is 0.254 e. The van der Waals surface area contributed by atoms with Crippen LogP contribution in [0.25, 0.3) is 10.9 Å². The van der Waals surface area contributed by atoms with Crippen molar-refractivity contribution in [3.8, 4) is 6.07 Å². The van der Waals surface area contributed by atoms with Gasteiger partial charge in [0, 0.05) is 10.9 Å². The highest BCUT2D eigenvalue weighted by Crippen LogP contribution is 2.18. The molecule has 0 spiro atoms. The molecule has 0 aliphatic carbocycles. The molecule has 0 radical (unpaired) electrons. The summed E-state index contributed by atoms with van der Waals surface area (Å²) in [4.78, 5) is 15.3. The lowest BCUT2D eigenvalue weighted by Crippen LogP contribution is -2.16. The quantitative estimate of drug-likeness (QED) is 0.529. The lowest BCUT2D eigenvalue weighted by atomic mass is 10.2. The van der Waals surface area contributed by atoms with Crippen LogP contribution in [0.3, 0.4) is 0 Å². The molecule has 0 saturated carbocycles. The fourth-order valence-corrected chi connectivity index (χ4v) is 1.68. The van der Waals surface area contributed by atoms with Crippen LogP contribution >= 0.6 is 11.6 Å². The van der Waals surface area contributed by atoms with E-state index in [4.69, 9.17) is 16.9 Å². The molecule has 0 aliphatic heterocycles. The zero-order chi connectivity index (χ0) is 13.7. The van der Waals surface area contributed by atoms with Gasteiger partial charge in [-0.2, -0.15) is 10.4 Å². The third-order valence-corrected chi connectivity index (χ3v) is 2.64. The van der Waals surface area contributed by atoms with E-state index in [-0.39, 0.29) is 6.42 Å². The number of fused-ring (bicyclic) bond motifs is 1. The summed E-state index contributed by atoms with van der Waals surface area (Å²) in [6.07, 6.45) is 1.16. The second-order valence-corrected chi connectivity index (χ2v) is 4.05. The van der Waals surface area contributed by atoms with Crippen molar-refractivity contribution in [2.75, 3.05) is 0 Å². The summed E-state index contributed by atoms with van der Waals surface area (Å²) >= 11 is 6.01. The molecule has 1 aromatic carbocycles. The molecule has 2 rings (SSSR count). The fourth-order valence-electron chi connectivity index (χ4n) is 1.48. The molecule has 1 N–H and O–H groups in total. The molecule has 1 amide bonds. The number of benzene rings is 1. The number of aromatic nitrogens is 1. The van der Waals surface area contributed by atoms with Crippen molar-refractivity contribution in [2.45, 2.75) is 6.42 Å². The van der Waals surface area contributed by atoms with Gasteiger partial charge < -0.3 is 0 Å². The number of pyridine rings is 1. The Morgan fingerprint density at radius 1 is 1.53 bits per heavy atom. The SMILES string of the molecule is N#CCC(=O)N/N=C\c1cc2ccccc2nc1Cl. The molecule has 0 saturated heterocycles. The maximum atomic E-state index is 11.0. The first-order valence-electron chi connectivity index (χ1n) is 5.45.